The summed E-state index contributed by atoms with van der Waals surface area (Å²) in [6.45, 7) is -1.07. The van der Waals surface area contributed by atoms with Gasteiger partial charge in [0.25, 0.3) is 0 Å². The summed E-state index contributed by atoms with van der Waals surface area (Å²) in [6.07, 6.45) is -4.83. The molecular formula is C4H6F3NO3. The summed E-state index contributed by atoms with van der Waals surface area (Å²) in [5, 5.41) is 8.01. The third-order valence-corrected chi connectivity index (χ3v) is 0.744. The number of hydrogen-bond acceptors (Lipinski definition) is 3. The van der Waals surface area contributed by atoms with Crippen molar-refractivity contribution in [3.8, 4) is 0 Å². The van der Waals surface area contributed by atoms with E-state index in [1.165, 1.54) is 0 Å². The minimum atomic E-state index is -4.83. The predicted molar refractivity (Wildman–Crippen MR) is 27.6 cm³/mol. The molecule has 0 rings (SSSR count). The third-order valence-electron chi connectivity index (χ3n) is 0.744. The molecule has 1 atom stereocenters. The number of carbonyl (C=O) groups is 1. The third kappa shape index (κ3) is 5.62. The second kappa shape index (κ2) is 3.54. The maximum atomic E-state index is 11.2. The summed E-state index contributed by atoms with van der Waals surface area (Å²) in [7, 11) is 0. The van der Waals surface area contributed by atoms with Crippen LogP contribution in [-0.4, -0.2) is 30.1 Å². The Kier molecular flexibility index (Phi) is 3.27. The Hall–Kier alpha value is -0.820. The van der Waals surface area contributed by atoms with Crippen LogP contribution in [0.1, 0.15) is 0 Å². The lowest BCUT2D eigenvalue weighted by atomic mass is 10.3. The average molecular weight is 173 g/mol. The Morgan fingerprint density at radius 3 is 2.36 bits per heavy atom. The van der Waals surface area contributed by atoms with Crippen LogP contribution < -0.4 is 5.73 Å². The molecule has 0 fully saturated rings. The van der Waals surface area contributed by atoms with Crippen LogP contribution in [0.2, 0.25) is 0 Å². The molecule has 0 spiro atoms. The molecule has 0 aromatic rings. The number of halogens is 3. The summed E-state index contributed by atoms with van der Waals surface area (Å²) >= 11 is 0. The molecule has 0 saturated heterocycles. The van der Waals surface area contributed by atoms with Crippen molar-refractivity contribution in [3.63, 3.8) is 0 Å². The second-order valence-electron chi connectivity index (χ2n) is 1.70. The Morgan fingerprint density at radius 2 is 2.09 bits per heavy atom. The number of hydrogen-bond donors (Lipinski definition) is 2. The summed E-state index contributed by atoms with van der Waals surface area (Å²) in [4.78, 5) is 9.84. The molecule has 0 aliphatic heterocycles. The Bertz CT molecular complexity index is 146. The van der Waals surface area contributed by atoms with Gasteiger partial charge in [0.05, 0.1) is 6.61 Å². The molecular weight excluding hydrogens is 167 g/mol. The van der Waals surface area contributed by atoms with E-state index < -0.39 is 25.0 Å². The van der Waals surface area contributed by atoms with Gasteiger partial charge in [-0.1, -0.05) is 0 Å². The van der Waals surface area contributed by atoms with Crippen molar-refractivity contribution in [3.05, 3.63) is 0 Å². The Morgan fingerprint density at radius 1 is 1.64 bits per heavy atom. The zero-order valence-corrected chi connectivity index (χ0v) is 5.26. The van der Waals surface area contributed by atoms with Crippen molar-refractivity contribution in [2.75, 3.05) is 6.61 Å². The average Bonchev–Trinajstić information content (AvgIpc) is 1.80. The normalized spacial score (nSPS) is 14.5. The van der Waals surface area contributed by atoms with Crippen molar-refractivity contribution in [1.29, 1.82) is 0 Å². The van der Waals surface area contributed by atoms with Gasteiger partial charge in [-0.3, -0.25) is 9.53 Å². The highest BCUT2D eigenvalue weighted by atomic mass is 19.4. The molecule has 66 valence electrons. The molecule has 0 radical (unpaired) electrons. The topological polar surface area (TPSA) is 72.5 Å². The highest BCUT2D eigenvalue weighted by Crippen LogP contribution is 2.15. The fourth-order valence-corrected chi connectivity index (χ4v) is 0.256. The molecule has 0 aromatic carbocycles. The minimum absolute atomic E-state index is 1.07. The lowest BCUT2D eigenvalue weighted by molar-refractivity contribution is -0.325. The number of nitrogens with two attached hydrogens (primary N) is 1. The van der Waals surface area contributed by atoms with Gasteiger partial charge >= 0.3 is 12.3 Å². The lowest BCUT2D eigenvalue weighted by Crippen LogP contribution is -2.37. The molecule has 0 heterocycles. The number of ether oxygens (including phenoxy) is 1. The highest BCUT2D eigenvalue weighted by molar-refractivity contribution is 5.73. The summed E-state index contributed by atoms with van der Waals surface area (Å²) in [5.74, 6) is -1.53. The molecule has 0 saturated carbocycles. The van der Waals surface area contributed by atoms with E-state index >= 15 is 0 Å². The quantitative estimate of drug-likeness (QED) is 0.626. The van der Waals surface area contributed by atoms with Gasteiger partial charge in [0.2, 0.25) is 0 Å². The summed E-state index contributed by atoms with van der Waals surface area (Å²) in [6, 6.07) is -1.64. The zero-order valence-electron chi connectivity index (χ0n) is 5.26. The van der Waals surface area contributed by atoms with Gasteiger partial charge in [0, 0.05) is 0 Å². The fourth-order valence-electron chi connectivity index (χ4n) is 0.256. The number of alkyl halides is 3. The molecule has 0 amide bonds. The molecule has 0 bridgehead atoms. The van der Waals surface area contributed by atoms with Gasteiger partial charge < -0.3 is 10.8 Å². The fraction of sp³-hybridized carbons (Fsp3) is 0.750. The van der Waals surface area contributed by atoms with Crippen molar-refractivity contribution >= 4 is 5.97 Å². The lowest BCUT2D eigenvalue weighted by Gasteiger charge is -2.09. The minimum Gasteiger partial charge on any atom is -0.480 e. The van der Waals surface area contributed by atoms with E-state index in [2.05, 4.69) is 4.74 Å². The van der Waals surface area contributed by atoms with Crippen molar-refractivity contribution in [2.24, 2.45) is 5.73 Å². The van der Waals surface area contributed by atoms with Crippen LogP contribution in [0, 0.1) is 0 Å². The maximum absolute atomic E-state index is 11.2. The molecule has 11 heavy (non-hydrogen) atoms. The molecule has 0 aliphatic carbocycles. The van der Waals surface area contributed by atoms with Crippen molar-refractivity contribution in [1.82, 2.24) is 0 Å². The Labute approximate surface area is 59.7 Å². The SMILES string of the molecule is N[C@H](COC(F)(F)F)C(=O)O. The van der Waals surface area contributed by atoms with Crippen LogP contribution in [0.25, 0.3) is 0 Å². The highest BCUT2D eigenvalue weighted by Gasteiger charge is 2.30. The van der Waals surface area contributed by atoms with Crippen LogP contribution in [0.15, 0.2) is 0 Å². The van der Waals surface area contributed by atoms with E-state index in [0.29, 0.717) is 0 Å². The first kappa shape index (κ1) is 10.2. The zero-order chi connectivity index (χ0) is 9.07. The number of aliphatic carboxylic acids is 1. The van der Waals surface area contributed by atoms with Crippen LogP contribution in [0.5, 0.6) is 0 Å². The second-order valence-corrected chi connectivity index (χ2v) is 1.70. The van der Waals surface area contributed by atoms with Crippen molar-refractivity contribution < 1.29 is 27.8 Å². The van der Waals surface area contributed by atoms with Gasteiger partial charge in [-0.15, -0.1) is 13.2 Å². The molecule has 3 N–H and O–H groups in total. The largest absolute Gasteiger partial charge is 0.522 e. The van der Waals surface area contributed by atoms with E-state index in [1.54, 1.807) is 0 Å². The smallest absolute Gasteiger partial charge is 0.480 e. The molecule has 0 aromatic heterocycles. The number of carboxylic acids is 1. The molecule has 0 unspecified atom stereocenters. The van der Waals surface area contributed by atoms with E-state index in [0.717, 1.165) is 0 Å². The first-order chi connectivity index (χ1) is 4.83. The van der Waals surface area contributed by atoms with Gasteiger partial charge in [-0.2, -0.15) is 0 Å². The first-order valence-corrected chi connectivity index (χ1v) is 2.52. The van der Waals surface area contributed by atoms with Gasteiger partial charge in [-0.05, 0) is 0 Å². The van der Waals surface area contributed by atoms with E-state index in [9.17, 15) is 18.0 Å². The molecule has 7 heteroatoms. The monoisotopic (exact) mass is 173 g/mol. The number of carboxylic acid groups (broad SMARTS) is 1. The number of rotatable bonds is 3. The van der Waals surface area contributed by atoms with Gasteiger partial charge in [0.15, 0.2) is 0 Å². The maximum Gasteiger partial charge on any atom is 0.522 e. The summed E-state index contributed by atoms with van der Waals surface area (Å²) in [5.41, 5.74) is 4.70. The Balaban J connectivity index is 3.63. The summed E-state index contributed by atoms with van der Waals surface area (Å²) < 4.78 is 36.8. The molecule has 0 aliphatic rings. The van der Waals surface area contributed by atoms with Crippen LogP contribution in [-0.2, 0) is 9.53 Å². The van der Waals surface area contributed by atoms with Gasteiger partial charge in [0.1, 0.15) is 6.04 Å². The van der Waals surface area contributed by atoms with Gasteiger partial charge in [-0.25, -0.2) is 0 Å². The van der Waals surface area contributed by atoms with Crippen molar-refractivity contribution in [2.45, 2.75) is 12.4 Å². The van der Waals surface area contributed by atoms with E-state index in [1.807, 2.05) is 0 Å². The van der Waals surface area contributed by atoms with Crippen LogP contribution in [0.4, 0.5) is 13.2 Å². The van der Waals surface area contributed by atoms with Crippen LogP contribution in [0.3, 0.4) is 0 Å². The van der Waals surface area contributed by atoms with E-state index in [4.69, 9.17) is 10.8 Å². The first-order valence-electron chi connectivity index (χ1n) is 2.52. The predicted octanol–water partition coefficient (Wildman–Crippen LogP) is -0.0653. The van der Waals surface area contributed by atoms with Crippen LogP contribution >= 0.6 is 0 Å². The van der Waals surface area contributed by atoms with E-state index in [-0.39, 0.29) is 0 Å². The standard InChI is InChI=1S/C4H6F3NO3/c5-4(6,7)11-1-2(8)3(9)10/h2H,1,8H2,(H,9,10)/t2-/m1/s1. The molecule has 4 nitrogen and oxygen atoms in total.